The minimum absolute atomic E-state index is 0.147. The number of para-hydroxylation sites is 1. The summed E-state index contributed by atoms with van der Waals surface area (Å²) in [7, 11) is 0. The third-order valence-corrected chi connectivity index (χ3v) is 3.96. The summed E-state index contributed by atoms with van der Waals surface area (Å²) in [6.45, 7) is 0.345. The fourth-order valence-corrected chi connectivity index (χ4v) is 2.70. The lowest BCUT2D eigenvalue weighted by atomic mass is 10.1. The zero-order chi connectivity index (χ0) is 18.4. The van der Waals surface area contributed by atoms with Gasteiger partial charge < -0.3 is 4.90 Å². The first-order valence-corrected chi connectivity index (χ1v) is 8.24. The summed E-state index contributed by atoms with van der Waals surface area (Å²) in [5.41, 5.74) is 1.11. The molecule has 0 atom stereocenters. The van der Waals surface area contributed by atoms with E-state index in [1.54, 1.807) is 35.2 Å². The predicted octanol–water partition coefficient (Wildman–Crippen LogP) is 6.30. The second-order valence-corrected chi connectivity index (χ2v) is 5.86. The number of alkyl halides is 3. The van der Waals surface area contributed by atoms with Gasteiger partial charge in [0.25, 0.3) is 0 Å². The molecule has 0 saturated carbocycles. The Labute approximate surface area is 151 Å². The molecule has 3 aromatic carbocycles. The van der Waals surface area contributed by atoms with Crippen molar-refractivity contribution in [3.8, 4) is 0 Å². The van der Waals surface area contributed by atoms with Gasteiger partial charge in [-0.3, -0.25) is 0 Å². The van der Waals surface area contributed by atoms with Crippen LogP contribution < -0.4 is 4.90 Å². The highest BCUT2D eigenvalue weighted by molar-refractivity contribution is 5.72. The first-order valence-electron chi connectivity index (χ1n) is 8.24. The van der Waals surface area contributed by atoms with Gasteiger partial charge >= 0.3 is 6.18 Å². The maximum atomic E-state index is 13.7. The van der Waals surface area contributed by atoms with Crippen LogP contribution in [0.4, 0.5) is 18.9 Å². The Morgan fingerprint density at radius 2 is 1.23 bits per heavy atom. The van der Waals surface area contributed by atoms with Gasteiger partial charge in [0, 0.05) is 18.4 Å². The average molecular weight is 353 g/mol. The Morgan fingerprint density at radius 3 is 1.77 bits per heavy atom. The average Bonchev–Trinajstić information content (AvgIpc) is 2.66. The van der Waals surface area contributed by atoms with E-state index in [4.69, 9.17) is 0 Å². The lowest BCUT2D eigenvalue weighted by Crippen LogP contribution is -2.20. The molecule has 0 aliphatic rings. The molecular weight excluding hydrogens is 335 g/mol. The van der Waals surface area contributed by atoms with E-state index in [-0.39, 0.29) is 5.56 Å². The number of hydrogen-bond donors (Lipinski definition) is 0. The number of benzene rings is 3. The summed E-state index contributed by atoms with van der Waals surface area (Å²) in [5.74, 6) is 0. The molecule has 0 radical (unpaired) electrons. The number of allylic oxidation sites excluding steroid dienone is 1. The molecule has 0 heterocycles. The van der Waals surface area contributed by atoms with E-state index >= 15 is 0 Å². The predicted molar refractivity (Wildman–Crippen MR) is 99.5 cm³/mol. The minimum atomic E-state index is -4.45. The van der Waals surface area contributed by atoms with Crippen LogP contribution in [-0.2, 0) is 6.54 Å². The molecule has 0 spiro atoms. The van der Waals surface area contributed by atoms with Crippen LogP contribution in [0.5, 0.6) is 0 Å². The van der Waals surface area contributed by atoms with Gasteiger partial charge in [0.2, 0.25) is 0 Å². The molecular formula is C22H18F3N. The summed E-state index contributed by atoms with van der Waals surface area (Å²) in [6.07, 6.45) is -3.26. The van der Waals surface area contributed by atoms with Crippen molar-refractivity contribution in [3.05, 3.63) is 108 Å². The number of rotatable bonds is 5. The van der Waals surface area contributed by atoms with Crippen molar-refractivity contribution < 1.29 is 13.2 Å². The van der Waals surface area contributed by atoms with Crippen molar-refractivity contribution in [1.82, 2.24) is 0 Å². The molecule has 0 aromatic heterocycles. The largest absolute Gasteiger partial charge is 0.418 e. The van der Waals surface area contributed by atoms with Crippen molar-refractivity contribution >= 4 is 11.3 Å². The Balaban J connectivity index is 2.06. The van der Waals surface area contributed by atoms with E-state index in [1.165, 1.54) is 18.3 Å². The molecule has 0 amide bonds. The summed E-state index contributed by atoms with van der Waals surface area (Å²) in [4.78, 5) is 1.63. The molecule has 0 aliphatic carbocycles. The van der Waals surface area contributed by atoms with Crippen LogP contribution in [0.2, 0.25) is 0 Å². The maximum absolute atomic E-state index is 13.7. The van der Waals surface area contributed by atoms with Crippen molar-refractivity contribution in [3.63, 3.8) is 0 Å². The third kappa shape index (κ3) is 4.54. The molecule has 132 valence electrons. The number of halogens is 3. The highest BCUT2D eigenvalue weighted by Gasteiger charge is 2.35. The van der Waals surface area contributed by atoms with Crippen molar-refractivity contribution in [1.29, 1.82) is 0 Å². The van der Waals surface area contributed by atoms with Gasteiger partial charge in [-0.2, -0.15) is 13.2 Å². The summed E-state index contributed by atoms with van der Waals surface area (Å²) < 4.78 is 41.2. The first-order chi connectivity index (χ1) is 12.5. The fourth-order valence-electron chi connectivity index (χ4n) is 2.70. The second-order valence-electron chi connectivity index (χ2n) is 5.86. The Morgan fingerprint density at radius 1 is 0.731 bits per heavy atom. The van der Waals surface area contributed by atoms with E-state index in [0.29, 0.717) is 12.2 Å². The third-order valence-electron chi connectivity index (χ3n) is 3.96. The molecule has 0 N–H and O–H groups in total. The zero-order valence-corrected chi connectivity index (χ0v) is 14.0. The van der Waals surface area contributed by atoms with Crippen LogP contribution in [0, 0.1) is 0 Å². The number of anilines is 1. The minimum Gasteiger partial charge on any atom is -0.343 e. The van der Waals surface area contributed by atoms with Crippen LogP contribution in [-0.4, -0.2) is 6.18 Å². The zero-order valence-electron chi connectivity index (χ0n) is 14.0. The van der Waals surface area contributed by atoms with Crippen molar-refractivity contribution in [2.75, 3.05) is 4.90 Å². The molecule has 0 fully saturated rings. The molecule has 3 aromatic rings. The lowest BCUT2D eigenvalue weighted by Gasteiger charge is -2.24. The molecule has 26 heavy (non-hydrogen) atoms. The molecule has 0 unspecified atom stereocenters. The van der Waals surface area contributed by atoms with Gasteiger partial charge in [-0.25, -0.2) is 0 Å². The van der Waals surface area contributed by atoms with E-state index in [0.717, 1.165) is 5.56 Å². The van der Waals surface area contributed by atoms with Gasteiger partial charge in [0.1, 0.15) is 0 Å². The Kier molecular flexibility index (Phi) is 5.42. The molecule has 0 saturated heterocycles. The summed E-state index contributed by atoms with van der Waals surface area (Å²) >= 11 is 0. The van der Waals surface area contributed by atoms with Gasteiger partial charge in [-0.15, -0.1) is 0 Å². The maximum Gasteiger partial charge on any atom is 0.418 e. The molecule has 0 aliphatic heterocycles. The van der Waals surface area contributed by atoms with Crippen LogP contribution in [0.3, 0.4) is 0 Å². The van der Waals surface area contributed by atoms with Gasteiger partial charge in [-0.05, 0) is 23.3 Å². The van der Waals surface area contributed by atoms with E-state index in [2.05, 4.69) is 0 Å². The smallest absolute Gasteiger partial charge is 0.343 e. The van der Waals surface area contributed by atoms with Gasteiger partial charge in [-0.1, -0.05) is 78.9 Å². The fraction of sp³-hybridized carbons (Fsp3) is 0.0909. The standard InChI is InChI=1S/C22H18F3N/c23-22(24,25)21(19-12-6-2-7-13-19)17-26(20-14-8-3-9-15-20)16-18-10-4-1-5-11-18/h1-15,17H,16H2/b21-17-. The van der Waals surface area contributed by atoms with E-state index in [1.807, 2.05) is 48.5 Å². The quantitative estimate of drug-likeness (QED) is 0.520. The Hall–Kier alpha value is -3.01. The van der Waals surface area contributed by atoms with Crippen LogP contribution >= 0.6 is 0 Å². The normalized spacial score (nSPS) is 12.0. The summed E-state index contributed by atoms with van der Waals surface area (Å²) in [5, 5.41) is 0. The van der Waals surface area contributed by atoms with Crippen molar-refractivity contribution in [2.24, 2.45) is 0 Å². The highest BCUT2D eigenvalue weighted by atomic mass is 19.4. The Bertz CT molecular complexity index is 841. The SMILES string of the molecule is FC(F)(F)/C(=C\N(Cc1ccccc1)c1ccccc1)c1ccccc1. The van der Waals surface area contributed by atoms with Crippen LogP contribution in [0.1, 0.15) is 11.1 Å². The molecule has 1 nitrogen and oxygen atoms in total. The number of hydrogen-bond acceptors (Lipinski definition) is 1. The topological polar surface area (TPSA) is 3.24 Å². The first kappa shape index (κ1) is 17.8. The van der Waals surface area contributed by atoms with Gasteiger partial charge in [0.15, 0.2) is 0 Å². The molecule has 4 heteroatoms. The van der Waals surface area contributed by atoms with Crippen LogP contribution in [0.25, 0.3) is 5.57 Å². The second kappa shape index (κ2) is 7.91. The van der Waals surface area contributed by atoms with Gasteiger partial charge in [0.05, 0.1) is 5.57 Å². The molecule has 0 bridgehead atoms. The highest BCUT2D eigenvalue weighted by Crippen LogP contribution is 2.35. The summed E-state index contributed by atoms with van der Waals surface area (Å²) in [6, 6.07) is 26.4. The lowest BCUT2D eigenvalue weighted by molar-refractivity contribution is -0.0690. The monoisotopic (exact) mass is 353 g/mol. The van der Waals surface area contributed by atoms with Crippen molar-refractivity contribution in [2.45, 2.75) is 12.7 Å². The van der Waals surface area contributed by atoms with E-state index in [9.17, 15) is 13.2 Å². The number of nitrogens with zero attached hydrogens (tertiary/aromatic N) is 1. The van der Waals surface area contributed by atoms with E-state index < -0.39 is 11.7 Å². The molecule has 3 rings (SSSR count). The van der Waals surface area contributed by atoms with Crippen LogP contribution in [0.15, 0.2) is 97.2 Å².